The Morgan fingerprint density at radius 2 is 1.87 bits per heavy atom. The van der Waals surface area contributed by atoms with Crippen LogP contribution in [-0.4, -0.2) is 47.2 Å². The van der Waals surface area contributed by atoms with E-state index < -0.39 is 22.9 Å². The van der Waals surface area contributed by atoms with E-state index in [2.05, 4.69) is 5.16 Å². The van der Waals surface area contributed by atoms with Crippen LogP contribution in [0.1, 0.15) is 53.4 Å². The van der Waals surface area contributed by atoms with Crippen molar-refractivity contribution in [3.63, 3.8) is 0 Å². The van der Waals surface area contributed by atoms with Crippen molar-refractivity contribution < 1.29 is 29.4 Å². The molecule has 4 atom stereocenters. The number of esters is 1. The normalized spacial score (nSPS) is 31.4. The lowest BCUT2D eigenvalue weighted by molar-refractivity contribution is -0.194. The first-order chi connectivity index (χ1) is 14.6. The molecule has 1 fully saturated rings. The highest BCUT2D eigenvalue weighted by Gasteiger charge is 2.59. The van der Waals surface area contributed by atoms with Crippen LogP contribution < -0.4 is 0 Å². The van der Waals surface area contributed by atoms with Crippen molar-refractivity contribution in [2.45, 2.75) is 65.6 Å². The van der Waals surface area contributed by atoms with Crippen LogP contribution in [0.25, 0.3) is 0 Å². The number of ether oxygens (including phenoxy) is 1. The Balaban J connectivity index is 1.73. The van der Waals surface area contributed by atoms with E-state index >= 15 is 0 Å². The van der Waals surface area contributed by atoms with Crippen LogP contribution in [0.2, 0.25) is 0 Å². The molecule has 1 saturated heterocycles. The summed E-state index contributed by atoms with van der Waals surface area (Å²) in [6.07, 6.45) is 9.12. The molecule has 0 bridgehead atoms. The molecule has 0 aromatic carbocycles. The van der Waals surface area contributed by atoms with Gasteiger partial charge in [-0.3, -0.25) is 4.79 Å². The first-order valence-corrected chi connectivity index (χ1v) is 10.6. The average Bonchev–Trinajstić information content (AvgIpc) is 3.19. The van der Waals surface area contributed by atoms with Crippen molar-refractivity contribution in [2.75, 3.05) is 6.61 Å². The van der Waals surface area contributed by atoms with Crippen molar-refractivity contribution in [3.8, 4) is 0 Å². The third-order valence-electron chi connectivity index (χ3n) is 6.21. The summed E-state index contributed by atoms with van der Waals surface area (Å²) in [6, 6.07) is 0. The van der Waals surface area contributed by atoms with Gasteiger partial charge in [-0.1, -0.05) is 40.6 Å². The minimum absolute atomic E-state index is 0.213. The minimum Gasteiger partial charge on any atom is -0.460 e. The second-order valence-electron chi connectivity index (χ2n) is 9.16. The standard InChI is InChI=1S/C24H31NO6/c1-15(2)5-7-23(12-18(14-26)9-19(23)27)22(29)31-25-13-17-10-20-24(11-17,21(28)30-20)8-6-16(3)4/h5-6,11-13,19-20,26-27H,7-10,14H2,1-4H3/b25-13+/t19-,20-,23+,24+/m0/s1. The minimum atomic E-state index is -1.28. The van der Waals surface area contributed by atoms with Crippen LogP contribution in [-0.2, 0) is 19.2 Å². The van der Waals surface area contributed by atoms with Crippen LogP contribution in [0.3, 0.4) is 0 Å². The Labute approximate surface area is 182 Å². The van der Waals surface area contributed by atoms with Gasteiger partial charge in [-0.2, -0.15) is 0 Å². The zero-order chi connectivity index (χ0) is 22.8. The summed E-state index contributed by atoms with van der Waals surface area (Å²) in [5.74, 6) is -0.919. The summed E-state index contributed by atoms with van der Waals surface area (Å²) < 4.78 is 5.29. The third-order valence-corrected chi connectivity index (χ3v) is 6.21. The molecule has 0 unspecified atom stereocenters. The third kappa shape index (κ3) is 4.43. The van der Waals surface area contributed by atoms with Gasteiger partial charge in [-0.25, -0.2) is 4.79 Å². The molecule has 0 spiro atoms. The smallest absolute Gasteiger partial charge is 0.347 e. The Morgan fingerprint density at radius 3 is 2.45 bits per heavy atom. The monoisotopic (exact) mass is 429 g/mol. The van der Waals surface area contributed by atoms with Gasteiger partial charge in [0, 0.05) is 6.42 Å². The molecule has 0 amide bonds. The quantitative estimate of drug-likeness (QED) is 0.202. The molecular weight excluding hydrogens is 398 g/mol. The van der Waals surface area contributed by atoms with Crippen LogP contribution >= 0.6 is 0 Å². The van der Waals surface area contributed by atoms with Gasteiger partial charge in [0.1, 0.15) is 16.9 Å². The summed E-state index contributed by atoms with van der Waals surface area (Å²) in [5, 5.41) is 23.9. The predicted octanol–water partition coefficient (Wildman–Crippen LogP) is 3.14. The molecule has 0 aromatic rings. The first-order valence-electron chi connectivity index (χ1n) is 10.6. The number of hydrogen-bond donors (Lipinski definition) is 2. The molecule has 0 saturated carbocycles. The maximum atomic E-state index is 12.9. The highest BCUT2D eigenvalue weighted by atomic mass is 16.7. The number of carbonyl (C=O) groups is 2. The number of nitrogens with zero attached hydrogens (tertiary/aromatic N) is 1. The number of oxime groups is 1. The molecule has 0 radical (unpaired) electrons. The van der Waals surface area contributed by atoms with E-state index in [0.717, 1.165) is 16.7 Å². The molecule has 7 nitrogen and oxygen atoms in total. The van der Waals surface area contributed by atoms with E-state index in [0.29, 0.717) is 18.4 Å². The predicted molar refractivity (Wildman–Crippen MR) is 116 cm³/mol. The van der Waals surface area contributed by atoms with E-state index in [1.807, 2.05) is 45.9 Å². The van der Waals surface area contributed by atoms with E-state index in [1.165, 1.54) is 6.21 Å². The second-order valence-corrected chi connectivity index (χ2v) is 9.16. The zero-order valence-electron chi connectivity index (χ0n) is 18.6. The van der Waals surface area contributed by atoms with Crippen molar-refractivity contribution in [2.24, 2.45) is 16.0 Å². The lowest BCUT2D eigenvalue weighted by Gasteiger charge is -2.41. The lowest BCUT2D eigenvalue weighted by atomic mass is 9.77. The number of rotatable bonds is 8. The number of hydrogen-bond acceptors (Lipinski definition) is 7. The molecule has 3 aliphatic rings. The van der Waals surface area contributed by atoms with Gasteiger partial charge in [0.15, 0.2) is 0 Å². The highest BCUT2D eigenvalue weighted by Crippen LogP contribution is 2.50. The molecule has 1 aliphatic heterocycles. The molecule has 2 N–H and O–H groups in total. The summed E-state index contributed by atoms with van der Waals surface area (Å²) in [5.41, 5.74) is 1.56. The first kappa shape index (κ1) is 23.2. The number of aliphatic hydroxyl groups excluding tert-OH is 2. The fourth-order valence-corrected chi connectivity index (χ4v) is 4.27. The summed E-state index contributed by atoms with van der Waals surface area (Å²) in [4.78, 5) is 30.2. The largest absolute Gasteiger partial charge is 0.460 e. The van der Waals surface area contributed by atoms with Gasteiger partial charge >= 0.3 is 11.9 Å². The van der Waals surface area contributed by atoms with Crippen molar-refractivity contribution in [3.05, 3.63) is 46.6 Å². The van der Waals surface area contributed by atoms with Crippen LogP contribution in [0.5, 0.6) is 0 Å². The molecule has 31 heavy (non-hydrogen) atoms. The lowest BCUT2D eigenvalue weighted by Crippen LogP contribution is -2.52. The summed E-state index contributed by atoms with van der Waals surface area (Å²) >= 11 is 0. The SMILES string of the molecule is CC(C)=CC[C@@]12C=C(/C=N/OC(=O)[C@]3(CC=C(C)C)C=C(CO)C[C@@H]3O)C[C@@H]1OC2=O. The van der Waals surface area contributed by atoms with Gasteiger partial charge in [0.05, 0.1) is 18.9 Å². The van der Waals surface area contributed by atoms with Gasteiger partial charge in [-0.05, 0) is 58.1 Å². The molecule has 1 heterocycles. The molecule has 2 aliphatic carbocycles. The second kappa shape index (κ2) is 8.93. The van der Waals surface area contributed by atoms with Crippen LogP contribution in [0, 0.1) is 10.8 Å². The molecular formula is C24H31NO6. The number of carbonyl (C=O) groups excluding carboxylic acids is 2. The Morgan fingerprint density at radius 1 is 1.19 bits per heavy atom. The van der Waals surface area contributed by atoms with E-state index in [-0.39, 0.29) is 31.5 Å². The number of allylic oxidation sites excluding steroid dienone is 4. The molecule has 168 valence electrons. The fourth-order valence-electron chi connectivity index (χ4n) is 4.27. The van der Waals surface area contributed by atoms with Crippen molar-refractivity contribution in [1.29, 1.82) is 0 Å². The van der Waals surface area contributed by atoms with Gasteiger partial charge in [0.25, 0.3) is 0 Å². The van der Waals surface area contributed by atoms with E-state index in [1.54, 1.807) is 6.08 Å². The van der Waals surface area contributed by atoms with Gasteiger partial charge in [-0.15, -0.1) is 0 Å². The van der Waals surface area contributed by atoms with Crippen molar-refractivity contribution >= 4 is 18.2 Å². The maximum Gasteiger partial charge on any atom is 0.347 e. The van der Waals surface area contributed by atoms with Gasteiger partial charge in [0.2, 0.25) is 0 Å². The molecule has 0 aromatic heterocycles. The van der Waals surface area contributed by atoms with Crippen molar-refractivity contribution in [1.82, 2.24) is 0 Å². The molecule has 7 heteroatoms. The average molecular weight is 430 g/mol. The summed E-state index contributed by atoms with van der Waals surface area (Å²) in [7, 11) is 0. The zero-order valence-corrected chi connectivity index (χ0v) is 18.6. The van der Waals surface area contributed by atoms with E-state index in [9.17, 15) is 19.8 Å². The maximum absolute atomic E-state index is 12.9. The Bertz CT molecular complexity index is 903. The van der Waals surface area contributed by atoms with Crippen LogP contribution in [0.4, 0.5) is 0 Å². The highest BCUT2D eigenvalue weighted by molar-refractivity contribution is 5.92. The summed E-state index contributed by atoms with van der Waals surface area (Å²) in [6.45, 7) is 7.56. The Hall–Kier alpha value is -2.51. The van der Waals surface area contributed by atoms with Gasteiger partial charge < -0.3 is 19.8 Å². The topological polar surface area (TPSA) is 105 Å². The number of aliphatic hydroxyl groups is 2. The van der Waals surface area contributed by atoms with Crippen LogP contribution in [0.15, 0.2) is 51.8 Å². The number of fused-ring (bicyclic) bond motifs is 1. The van der Waals surface area contributed by atoms with E-state index in [4.69, 9.17) is 9.57 Å². The Kier molecular flexibility index (Phi) is 6.67. The molecule has 3 rings (SSSR count). The fraction of sp³-hybridized carbons (Fsp3) is 0.542.